The fourth-order valence-electron chi connectivity index (χ4n) is 4.03. The van der Waals surface area contributed by atoms with Crippen LogP contribution in [0.15, 0.2) is 47.0 Å². The lowest BCUT2D eigenvalue weighted by atomic mass is 9.91. The second-order valence-corrected chi connectivity index (χ2v) is 7.71. The smallest absolute Gasteiger partial charge is 0.221 e. The zero-order valence-electron chi connectivity index (χ0n) is 17.1. The predicted octanol–water partition coefficient (Wildman–Crippen LogP) is 4.57. The van der Waals surface area contributed by atoms with Gasteiger partial charge in [0.2, 0.25) is 5.91 Å². The molecule has 6 nitrogen and oxygen atoms in total. The molecule has 2 aromatic carbocycles. The maximum absolute atomic E-state index is 14.2. The lowest BCUT2D eigenvalue weighted by Crippen LogP contribution is -2.34. The van der Waals surface area contributed by atoms with Crippen LogP contribution in [0.3, 0.4) is 0 Å². The lowest BCUT2D eigenvalue weighted by Gasteiger charge is -2.31. The highest BCUT2D eigenvalue weighted by atomic mass is 19.1. The minimum atomic E-state index is -0.258. The average molecular weight is 411 g/mol. The molecule has 1 aliphatic rings. The van der Waals surface area contributed by atoms with Gasteiger partial charge in [0.15, 0.2) is 5.58 Å². The SMILES string of the molecule is CC(=O)Nc1cccc(OCCCN2CCC(c3noc4cccc(F)c34)CC2)c1. The van der Waals surface area contributed by atoms with Crippen LogP contribution in [0.1, 0.15) is 37.8 Å². The average Bonchev–Trinajstić information content (AvgIpc) is 3.17. The lowest BCUT2D eigenvalue weighted by molar-refractivity contribution is -0.114. The van der Waals surface area contributed by atoms with E-state index in [1.807, 2.05) is 24.3 Å². The van der Waals surface area contributed by atoms with Gasteiger partial charge in [-0.3, -0.25) is 4.79 Å². The van der Waals surface area contributed by atoms with Gasteiger partial charge in [0.25, 0.3) is 0 Å². The van der Waals surface area contributed by atoms with Gasteiger partial charge in [-0.25, -0.2) is 4.39 Å². The Labute approximate surface area is 175 Å². The van der Waals surface area contributed by atoms with Gasteiger partial charge in [-0.15, -0.1) is 0 Å². The van der Waals surface area contributed by atoms with Crippen LogP contribution in [0.4, 0.5) is 10.1 Å². The Morgan fingerprint density at radius 3 is 2.87 bits per heavy atom. The Morgan fingerprint density at radius 2 is 2.07 bits per heavy atom. The van der Waals surface area contributed by atoms with Gasteiger partial charge >= 0.3 is 0 Å². The van der Waals surface area contributed by atoms with Crippen LogP contribution in [-0.2, 0) is 4.79 Å². The van der Waals surface area contributed by atoms with E-state index in [0.717, 1.165) is 56.0 Å². The molecule has 4 rings (SSSR count). The largest absolute Gasteiger partial charge is 0.493 e. The molecule has 1 saturated heterocycles. The van der Waals surface area contributed by atoms with Crippen molar-refractivity contribution >= 4 is 22.6 Å². The fraction of sp³-hybridized carbons (Fsp3) is 0.391. The van der Waals surface area contributed by atoms with Gasteiger partial charge < -0.3 is 19.5 Å². The summed E-state index contributed by atoms with van der Waals surface area (Å²) in [7, 11) is 0. The molecule has 1 aliphatic heterocycles. The summed E-state index contributed by atoms with van der Waals surface area (Å²) in [6.45, 7) is 4.95. The molecular weight excluding hydrogens is 385 g/mol. The minimum absolute atomic E-state index is 0.100. The Morgan fingerprint density at radius 1 is 1.27 bits per heavy atom. The molecule has 0 spiro atoms. The van der Waals surface area contributed by atoms with Crippen LogP contribution in [0, 0.1) is 5.82 Å². The first-order valence-corrected chi connectivity index (χ1v) is 10.4. The van der Waals surface area contributed by atoms with E-state index in [-0.39, 0.29) is 17.6 Å². The van der Waals surface area contributed by atoms with Gasteiger partial charge in [-0.1, -0.05) is 17.3 Å². The molecule has 1 N–H and O–H groups in total. The number of aromatic nitrogens is 1. The zero-order chi connectivity index (χ0) is 20.9. The van der Waals surface area contributed by atoms with Crippen molar-refractivity contribution in [3.05, 3.63) is 54.0 Å². The van der Waals surface area contributed by atoms with E-state index in [4.69, 9.17) is 9.26 Å². The first-order valence-electron chi connectivity index (χ1n) is 10.4. The summed E-state index contributed by atoms with van der Waals surface area (Å²) < 4.78 is 25.3. The number of ether oxygens (including phenoxy) is 1. The van der Waals surface area contributed by atoms with Crippen molar-refractivity contribution < 1.29 is 18.4 Å². The molecule has 0 radical (unpaired) electrons. The van der Waals surface area contributed by atoms with E-state index in [2.05, 4.69) is 15.4 Å². The maximum atomic E-state index is 14.2. The van der Waals surface area contributed by atoms with Crippen molar-refractivity contribution in [2.75, 3.05) is 31.6 Å². The standard InChI is InChI=1S/C23H26FN3O3/c1-16(28)25-18-5-2-6-19(15-18)29-14-4-11-27-12-9-17(10-13-27)23-22-20(24)7-3-8-21(22)30-26-23/h2-3,5-8,15,17H,4,9-14H2,1H3,(H,25,28). The van der Waals surface area contributed by atoms with Crippen LogP contribution in [0.25, 0.3) is 11.0 Å². The molecule has 1 amide bonds. The second-order valence-electron chi connectivity index (χ2n) is 7.71. The second kappa shape index (κ2) is 9.26. The number of fused-ring (bicyclic) bond motifs is 1. The summed E-state index contributed by atoms with van der Waals surface area (Å²) in [6, 6.07) is 12.3. The maximum Gasteiger partial charge on any atom is 0.221 e. The highest BCUT2D eigenvalue weighted by Crippen LogP contribution is 2.33. The van der Waals surface area contributed by atoms with Crippen LogP contribution in [0.5, 0.6) is 5.75 Å². The number of carbonyl (C=O) groups is 1. The molecule has 1 aromatic heterocycles. The van der Waals surface area contributed by atoms with Crippen LogP contribution in [0.2, 0.25) is 0 Å². The van der Waals surface area contributed by atoms with Gasteiger partial charge in [0.1, 0.15) is 11.6 Å². The summed E-state index contributed by atoms with van der Waals surface area (Å²) in [5.41, 5.74) is 2.01. The molecule has 158 valence electrons. The monoisotopic (exact) mass is 411 g/mol. The number of hydrogen-bond donors (Lipinski definition) is 1. The van der Waals surface area contributed by atoms with Crippen molar-refractivity contribution in [1.29, 1.82) is 0 Å². The molecule has 30 heavy (non-hydrogen) atoms. The number of carbonyl (C=O) groups excluding carboxylic acids is 1. The number of nitrogens with zero attached hydrogens (tertiary/aromatic N) is 2. The Balaban J connectivity index is 1.22. The van der Waals surface area contributed by atoms with E-state index in [9.17, 15) is 9.18 Å². The van der Waals surface area contributed by atoms with Crippen LogP contribution >= 0.6 is 0 Å². The number of halogens is 1. The molecule has 1 fully saturated rings. The molecule has 3 aromatic rings. The van der Waals surface area contributed by atoms with Crippen molar-refractivity contribution in [2.45, 2.75) is 32.1 Å². The van der Waals surface area contributed by atoms with Crippen molar-refractivity contribution in [2.24, 2.45) is 0 Å². The van der Waals surface area contributed by atoms with Gasteiger partial charge in [-0.2, -0.15) is 0 Å². The van der Waals surface area contributed by atoms with Crippen molar-refractivity contribution in [3.8, 4) is 5.75 Å². The van der Waals surface area contributed by atoms with Gasteiger partial charge in [0, 0.05) is 31.1 Å². The number of nitrogens with one attached hydrogen (secondary N) is 1. The summed E-state index contributed by atoms with van der Waals surface area (Å²) in [4.78, 5) is 13.6. The van der Waals surface area contributed by atoms with Crippen molar-refractivity contribution in [3.63, 3.8) is 0 Å². The van der Waals surface area contributed by atoms with E-state index in [1.165, 1.54) is 13.0 Å². The molecule has 2 heterocycles. The summed E-state index contributed by atoms with van der Waals surface area (Å²) in [5.74, 6) is 0.620. The van der Waals surface area contributed by atoms with Gasteiger partial charge in [0.05, 0.1) is 17.7 Å². The fourth-order valence-corrected chi connectivity index (χ4v) is 4.03. The number of benzene rings is 2. The van der Waals surface area contributed by atoms with E-state index in [1.54, 1.807) is 12.1 Å². The molecule has 0 atom stereocenters. The van der Waals surface area contributed by atoms with Gasteiger partial charge in [-0.05, 0) is 56.6 Å². The summed E-state index contributed by atoms with van der Waals surface area (Å²) in [5, 5.41) is 7.45. The minimum Gasteiger partial charge on any atom is -0.493 e. The highest BCUT2D eigenvalue weighted by molar-refractivity contribution is 5.88. The topological polar surface area (TPSA) is 67.6 Å². The summed E-state index contributed by atoms with van der Waals surface area (Å²) in [6.07, 6.45) is 2.79. The van der Waals surface area contributed by atoms with E-state index < -0.39 is 0 Å². The quantitative estimate of drug-likeness (QED) is 0.577. The molecule has 0 unspecified atom stereocenters. The predicted molar refractivity (Wildman–Crippen MR) is 113 cm³/mol. The Bertz CT molecular complexity index is 1010. The number of anilines is 1. The van der Waals surface area contributed by atoms with Crippen LogP contribution < -0.4 is 10.1 Å². The van der Waals surface area contributed by atoms with Crippen LogP contribution in [-0.4, -0.2) is 42.2 Å². The summed E-state index contributed by atoms with van der Waals surface area (Å²) >= 11 is 0. The number of rotatable bonds is 7. The molecule has 0 saturated carbocycles. The molecule has 0 aliphatic carbocycles. The number of hydrogen-bond acceptors (Lipinski definition) is 5. The molecule has 7 heteroatoms. The normalized spacial score (nSPS) is 15.4. The highest BCUT2D eigenvalue weighted by Gasteiger charge is 2.26. The Hall–Kier alpha value is -2.93. The first-order chi connectivity index (χ1) is 14.6. The number of amides is 1. The molecular formula is C23H26FN3O3. The first kappa shape index (κ1) is 20.3. The number of piperidine rings is 1. The molecule has 0 bridgehead atoms. The Kier molecular flexibility index (Phi) is 6.28. The number of likely N-dealkylation sites (tertiary alicyclic amines) is 1. The third-order valence-corrected chi connectivity index (χ3v) is 5.49. The third-order valence-electron chi connectivity index (χ3n) is 5.49. The zero-order valence-corrected chi connectivity index (χ0v) is 17.1. The van der Waals surface area contributed by atoms with E-state index >= 15 is 0 Å². The van der Waals surface area contributed by atoms with E-state index in [0.29, 0.717) is 17.6 Å². The third kappa shape index (κ3) is 4.79. The van der Waals surface area contributed by atoms with Crippen molar-refractivity contribution in [1.82, 2.24) is 10.1 Å².